The minimum absolute atomic E-state index is 0.00873. The predicted octanol–water partition coefficient (Wildman–Crippen LogP) is 3.24. The van der Waals surface area contributed by atoms with Crippen LogP contribution >= 0.6 is 11.6 Å². The van der Waals surface area contributed by atoms with Crippen molar-refractivity contribution < 1.29 is 13.2 Å². The molecular formula is C22H20ClN3O4S. The molecule has 0 unspecified atom stereocenters. The molecule has 3 aromatic rings. The van der Waals surface area contributed by atoms with E-state index in [0.29, 0.717) is 16.3 Å². The Bertz CT molecular complexity index is 1280. The van der Waals surface area contributed by atoms with Crippen LogP contribution in [0.5, 0.6) is 0 Å². The van der Waals surface area contributed by atoms with Crippen LogP contribution in [0.4, 0.5) is 5.69 Å². The van der Waals surface area contributed by atoms with E-state index in [1.807, 2.05) is 18.2 Å². The van der Waals surface area contributed by atoms with Gasteiger partial charge < -0.3 is 9.88 Å². The highest BCUT2D eigenvalue weighted by Crippen LogP contribution is 2.22. The number of amides is 1. The zero-order valence-corrected chi connectivity index (χ0v) is 18.0. The molecule has 1 aliphatic carbocycles. The summed E-state index contributed by atoms with van der Waals surface area (Å²) in [5.74, 6) is -0.415. The summed E-state index contributed by atoms with van der Waals surface area (Å²) in [6.45, 7) is 0.267. The molecule has 0 atom stereocenters. The molecule has 1 aromatic heterocycles. The van der Waals surface area contributed by atoms with E-state index in [0.717, 1.165) is 18.4 Å². The van der Waals surface area contributed by atoms with Crippen LogP contribution in [-0.4, -0.2) is 24.9 Å². The molecule has 4 rings (SSSR count). The molecule has 0 bridgehead atoms. The van der Waals surface area contributed by atoms with Crippen molar-refractivity contribution in [2.45, 2.75) is 30.3 Å². The van der Waals surface area contributed by atoms with Gasteiger partial charge >= 0.3 is 0 Å². The Labute approximate surface area is 184 Å². The zero-order chi connectivity index (χ0) is 22.0. The Morgan fingerprint density at radius 2 is 1.74 bits per heavy atom. The molecule has 160 valence electrons. The summed E-state index contributed by atoms with van der Waals surface area (Å²) in [6, 6.07) is 15.8. The fourth-order valence-electron chi connectivity index (χ4n) is 3.02. The van der Waals surface area contributed by atoms with Gasteiger partial charge in [-0.2, -0.15) is 0 Å². The van der Waals surface area contributed by atoms with Crippen molar-refractivity contribution in [1.82, 2.24) is 9.29 Å². The highest BCUT2D eigenvalue weighted by Gasteiger charge is 2.28. The van der Waals surface area contributed by atoms with Gasteiger partial charge in [0.1, 0.15) is 0 Å². The van der Waals surface area contributed by atoms with Crippen LogP contribution in [0.3, 0.4) is 0 Å². The second-order valence-corrected chi connectivity index (χ2v) is 9.47. The summed E-state index contributed by atoms with van der Waals surface area (Å²) in [7, 11) is -3.57. The van der Waals surface area contributed by atoms with Crippen LogP contribution in [0.25, 0.3) is 0 Å². The van der Waals surface area contributed by atoms with Crippen LogP contribution < -0.4 is 15.6 Å². The van der Waals surface area contributed by atoms with Crippen molar-refractivity contribution in [3.05, 3.63) is 93.4 Å². The number of nitrogens with zero attached hydrogens (tertiary/aromatic N) is 1. The third-order valence-electron chi connectivity index (χ3n) is 4.87. The first-order chi connectivity index (χ1) is 14.8. The van der Waals surface area contributed by atoms with E-state index in [9.17, 15) is 18.0 Å². The summed E-state index contributed by atoms with van der Waals surface area (Å²) in [4.78, 5) is 24.9. The molecule has 7 nitrogen and oxygen atoms in total. The largest absolute Gasteiger partial charge is 0.321 e. The average molecular weight is 458 g/mol. The van der Waals surface area contributed by atoms with E-state index in [4.69, 9.17) is 11.6 Å². The van der Waals surface area contributed by atoms with Crippen LogP contribution in [0.1, 0.15) is 28.8 Å². The monoisotopic (exact) mass is 457 g/mol. The lowest BCUT2D eigenvalue weighted by Gasteiger charge is -2.11. The minimum atomic E-state index is -3.57. The smallest absolute Gasteiger partial charge is 0.255 e. The number of sulfonamides is 1. The van der Waals surface area contributed by atoms with Crippen molar-refractivity contribution in [3.8, 4) is 0 Å². The zero-order valence-electron chi connectivity index (χ0n) is 16.4. The molecule has 2 aromatic carbocycles. The van der Waals surface area contributed by atoms with Crippen molar-refractivity contribution >= 4 is 33.2 Å². The van der Waals surface area contributed by atoms with Crippen molar-refractivity contribution in [2.24, 2.45) is 0 Å². The third kappa shape index (κ3) is 5.22. The molecule has 1 saturated carbocycles. The molecule has 1 fully saturated rings. The number of halogens is 1. The Kier molecular flexibility index (Phi) is 5.95. The molecule has 1 aliphatic rings. The maximum Gasteiger partial charge on any atom is 0.255 e. The standard InChI is InChI=1S/C22H20ClN3O4S/c23-20-4-2-1-3-16(20)13-26-14-18(9-12-21(26)27)24-22(28)15-5-10-19(11-6-15)31(29,30)25-17-7-8-17/h1-6,9-12,14,17,25H,7-8,13H2,(H,24,28). The maximum absolute atomic E-state index is 12.6. The molecule has 1 amide bonds. The molecule has 0 radical (unpaired) electrons. The highest BCUT2D eigenvalue weighted by molar-refractivity contribution is 7.89. The molecule has 0 saturated heterocycles. The number of hydrogen-bond donors (Lipinski definition) is 2. The number of benzene rings is 2. The molecule has 1 heterocycles. The van der Waals surface area contributed by atoms with Gasteiger partial charge in [-0.1, -0.05) is 29.8 Å². The van der Waals surface area contributed by atoms with Gasteiger partial charge in [0, 0.05) is 28.9 Å². The molecule has 31 heavy (non-hydrogen) atoms. The van der Waals surface area contributed by atoms with E-state index in [2.05, 4.69) is 10.0 Å². The normalized spacial score (nSPS) is 13.7. The topological polar surface area (TPSA) is 97.3 Å². The Hall–Kier alpha value is -2.94. The molecule has 0 aliphatic heterocycles. The fraction of sp³-hybridized carbons (Fsp3) is 0.182. The number of rotatable bonds is 7. The number of hydrogen-bond acceptors (Lipinski definition) is 4. The fourth-order valence-corrected chi connectivity index (χ4v) is 4.52. The number of pyridine rings is 1. The maximum atomic E-state index is 12.6. The first-order valence-corrected chi connectivity index (χ1v) is 11.6. The van der Waals surface area contributed by atoms with E-state index in [-0.39, 0.29) is 23.0 Å². The van der Waals surface area contributed by atoms with Gasteiger partial charge in [0.2, 0.25) is 10.0 Å². The molecular weight excluding hydrogens is 438 g/mol. The van der Waals surface area contributed by atoms with Crippen LogP contribution in [0.2, 0.25) is 5.02 Å². The lowest BCUT2D eigenvalue weighted by Crippen LogP contribution is -2.25. The van der Waals surface area contributed by atoms with E-state index >= 15 is 0 Å². The number of carbonyl (C=O) groups is 1. The lowest BCUT2D eigenvalue weighted by atomic mass is 10.2. The van der Waals surface area contributed by atoms with E-state index < -0.39 is 15.9 Å². The van der Waals surface area contributed by atoms with Gasteiger partial charge in [-0.25, -0.2) is 13.1 Å². The lowest BCUT2D eigenvalue weighted by molar-refractivity contribution is 0.102. The SMILES string of the molecule is O=C(Nc1ccc(=O)n(Cc2ccccc2Cl)c1)c1ccc(S(=O)(=O)NC2CC2)cc1. The Balaban J connectivity index is 1.48. The quantitative estimate of drug-likeness (QED) is 0.569. The Morgan fingerprint density at radius 1 is 1.03 bits per heavy atom. The van der Waals surface area contributed by atoms with Gasteiger partial charge in [0.05, 0.1) is 17.1 Å². The second-order valence-electron chi connectivity index (χ2n) is 7.35. The van der Waals surface area contributed by atoms with Gasteiger partial charge in [-0.15, -0.1) is 0 Å². The summed E-state index contributed by atoms with van der Waals surface area (Å²) in [5.41, 5.74) is 1.29. The van der Waals surface area contributed by atoms with Crippen molar-refractivity contribution in [1.29, 1.82) is 0 Å². The molecule has 2 N–H and O–H groups in total. The Morgan fingerprint density at radius 3 is 2.42 bits per heavy atom. The minimum Gasteiger partial charge on any atom is -0.321 e. The van der Waals surface area contributed by atoms with Crippen molar-refractivity contribution in [2.75, 3.05) is 5.32 Å². The highest BCUT2D eigenvalue weighted by atomic mass is 35.5. The van der Waals surface area contributed by atoms with Gasteiger partial charge in [0.15, 0.2) is 0 Å². The summed E-state index contributed by atoms with van der Waals surface area (Å²) < 4.78 is 28.5. The van der Waals surface area contributed by atoms with Gasteiger partial charge in [0.25, 0.3) is 11.5 Å². The van der Waals surface area contributed by atoms with E-state index in [1.165, 1.54) is 41.0 Å². The second kappa shape index (κ2) is 8.66. The third-order valence-corrected chi connectivity index (χ3v) is 6.77. The van der Waals surface area contributed by atoms with Gasteiger partial charge in [-0.3, -0.25) is 9.59 Å². The predicted molar refractivity (Wildman–Crippen MR) is 119 cm³/mol. The average Bonchev–Trinajstić information content (AvgIpc) is 3.55. The number of aromatic nitrogens is 1. The van der Waals surface area contributed by atoms with Crippen molar-refractivity contribution in [3.63, 3.8) is 0 Å². The van der Waals surface area contributed by atoms with Crippen LogP contribution in [0.15, 0.2) is 76.6 Å². The van der Waals surface area contributed by atoms with E-state index in [1.54, 1.807) is 12.3 Å². The first-order valence-electron chi connectivity index (χ1n) is 9.69. The molecule has 9 heteroatoms. The van der Waals surface area contributed by atoms with Gasteiger partial charge in [-0.05, 0) is 54.8 Å². The number of anilines is 1. The number of nitrogens with one attached hydrogen (secondary N) is 2. The first kappa shape index (κ1) is 21.3. The summed E-state index contributed by atoms with van der Waals surface area (Å²) >= 11 is 6.17. The number of carbonyl (C=O) groups excluding carboxylic acids is 1. The van der Waals surface area contributed by atoms with Crippen LogP contribution in [-0.2, 0) is 16.6 Å². The molecule has 0 spiro atoms. The van der Waals surface area contributed by atoms with Crippen LogP contribution in [0, 0.1) is 0 Å². The summed E-state index contributed by atoms with van der Waals surface area (Å²) in [6.07, 6.45) is 3.23. The summed E-state index contributed by atoms with van der Waals surface area (Å²) in [5, 5.41) is 3.28.